The molecule has 2 fully saturated rings. The number of anilines is 2. The third-order valence-corrected chi connectivity index (χ3v) is 8.25. The Hall–Kier alpha value is -3.60. The maximum Gasteiger partial charge on any atom is 0.281 e. The van der Waals surface area contributed by atoms with Gasteiger partial charge in [-0.1, -0.05) is 29.8 Å². The molecule has 0 bridgehead atoms. The highest BCUT2D eigenvalue weighted by Gasteiger charge is 2.59. The van der Waals surface area contributed by atoms with Gasteiger partial charge in [0.05, 0.1) is 10.6 Å². The average molecular weight is 557 g/mol. The largest absolute Gasteiger partial charge is 0.349 e. The number of aryl methyl sites for hydroxylation is 1. The summed E-state index contributed by atoms with van der Waals surface area (Å²) in [6.07, 6.45) is 1.21. The van der Waals surface area contributed by atoms with Crippen LogP contribution in [0.2, 0.25) is 5.02 Å². The van der Waals surface area contributed by atoms with Gasteiger partial charge in [-0.2, -0.15) is 4.98 Å². The van der Waals surface area contributed by atoms with Crippen LogP contribution < -0.4 is 15.1 Å². The number of halogens is 3. The number of carbonyl (C=O) groups excluding carboxylic acids is 2. The number of amides is 2. The van der Waals surface area contributed by atoms with Crippen molar-refractivity contribution in [3.63, 3.8) is 0 Å². The van der Waals surface area contributed by atoms with Crippen LogP contribution in [0.1, 0.15) is 59.6 Å². The highest BCUT2D eigenvalue weighted by Crippen LogP contribution is 2.48. The number of fused-ring (bicyclic) bond motifs is 2. The fraction of sp³-hybridized carbons (Fsp3) is 0.444. The van der Waals surface area contributed by atoms with Crippen LogP contribution in [0.5, 0.6) is 0 Å². The first-order valence-corrected chi connectivity index (χ1v) is 13.3. The number of rotatable bonds is 6. The summed E-state index contributed by atoms with van der Waals surface area (Å²) in [6.45, 7) is 3.32. The van der Waals surface area contributed by atoms with E-state index in [2.05, 4.69) is 20.4 Å². The third kappa shape index (κ3) is 4.52. The number of alkyl halides is 2. The number of hydrogen-bond donors (Lipinski definition) is 1. The lowest BCUT2D eigenvalue weighted by Crippen LogP contribution is -2.64. The second kappa shape index (κ2) is 9.86. The van der Waals surface area contributed by atoms with E-state index in [9.17, 15) is 18.4 Å². The average Bonchev–Trinajstić information content (AvgIpc) is 3.43. The van der Waals surface area contributed by atoms with Crippen LogP contribution in [0.4, 0.5) is 20.4 Å². The van der Waals surface area contributed by atoms with Crippen LogP contribution in [0.25, 0.3) is 0 Å². The standard InChI is InChI=1S/C27H27ClF2N6O3/c1-15-32-26(34-39-15)35-13-27(14-35)20-4-2-3-5-21(20)36(25(27)38)12-16-6-8-18(9-7-16)33-24(37)19-10-17(28)11-31-22(19)23(29)30/h2-5,10-11,16,18,23H,6-9,12-14H2,1H3,(H,33,37). The smallest absolute Gasteiger partial charge is 0.281 e. The Kier molecular flexibility index (Phi) is 6.49. The zero-order valence-corrected chi connectivity index (χ0v) is 22.0. The molecule has 39 heavy (non-hydrogen) atoms. The molecule has 1 aromatic carbocycles. The fourth-order valence-corrected chi connectivity index (χ4v) is 6.22. The summed E-state index contributed by atoms with van der Waals surface area (Å²) in [5.41, 5.74) is 0.570. The van der Waals surface area contributed by atoms with Crippen molar-refractivity contribution in [2.45, 2.75) is 50.5 Å². The molecule has 2 amide bonds. The number of benzene rings is 1. The van der Waals surface area contributed by atoms with Gasteiger partial charge < -0.3 is 19.6 Å². The number of carbonyl (C=O) groups is 2. The second-order valence-corrected chi connectivity index (χ2v) is 11.0. The molecule has 3 aliphatic rings. The molecule has 1 saturated carbocycles. The van der Waals surface area contributed by atoms with E-state index >= 15 is 0 Å². The fourth-order valence-electron chi connectivity index (χ4n) is 6.06. The number of nitrogens with zero attached hydrogens (tertiary/aromatic N) is 5. The second-order valence-electron chi connectivity index (χ2n) is 10.6. The van der Waals surface area contributed by atoms with Gasteiger partial charge in [-0.05, 0) is 54.5 Å². The Labute approximate surface area is 228 Å². The number of para-hydroxylation sites is 1. The van der Waals surface area contributed by atoms with Gasteiger partial charge in [0.15, 0.2) is 0 Å². The van der Waals surface area contributed by atoms with Crippen molar-refractivity contribution in [3.8, 4) is 0 Å². The number of nitrogens with one attached hydrogen (secondary N) is 1. The molecule has 3 aromatic rings. The Balaban J connectivity index is 1.09. The maximum atomic E-state index is 13.8. The summed E-state index contributed by atoms with van der Waals surface area (Å²) >= 11 is 5.90. The highest BCUT2D eigenvalue weighted by atomic mass is 35.5. The molecule has 0 unspecified atom stereocenters. The highest BCUT2D eigenvalue weighted by molar-refractivity contribution is 6.30. The van der Waals surface area contributed by atoms with Gasteiger partial charge in [-0.15, -0.1) is 0 Å². The van der Waals surface area contributed by atoms with E-state index in [1.165, 1.54) is 6.07 Å². The van der Waals surface area contributed by atoms with Crippen LogP contribution in [0.15, 0.2) is 41.1 Å². The summed E-state index contributed by atoms with van der Waals surface area (Å²) in [6, 6.07) is 9.00. The molecule has 12 heteroatoms. The molecule has 0 radical (unpaired) electrons. The molecule has 1 saturated heterocycles. The molecule has 1 spiro atoms. The Morgan fingerprint density at radius 2 is 1.97 bits per heavy atom. The van der Waals surface area contributed by atoms with Crippen LogP contribution in [0.3, 0.4) is 0 Å². The minimum Gasteiger partial charge on any atom is -0.349 e. The summed E-state index contributed by atoms with van der Waals surface area (Å²) in [7, 11) is 0. The molecule has 2 aromatic heterocycles. The van der Waals surface area contributed by atoms with Crippen molar-refractivity contribution in [1.29, 1.82) is 0 Å². The van der Waals surface area contributed by atoms with Crippen LogP contribution >= 0.6 is 11.6 Å². The molecule has 204 valence electrons. The topological polar surface area (TPSA) is 104 Å². The van der Waals surface area contributed by atoms with Gasteiger partial charge in [0.25, 0.3) is 18.3 Å². The van der Waals surface area contributed by atoms with Gasteiger partial charge in [0.1, 0.15) is 11.1 Å². The van der Waals surface area contributed by atoms with Crippen molar-refractivity contribution in [2.75, 3.05) is 29.4 Å². The van der Waals surface area contributed by atoms with Gasteiger partial charge in [0.2, 0.25) is 11.8 Å². The summed E-state index contributed by atoms with van der Waals surface area (Å²) < 4.78 is 31.8. The van der Waals surface area contributed by atoms with Gasteiger partial charge >= 0.3 is 0 Å². The molecule has 1 N–H and O–H groups in total. The molecular formula is C27H27ClF2N6O3. The summed E-state index contributed by atoms with van der Waals surface area (Å²) in [5.74, 6) is 0.725. The lowest BCUT2D eigenvalue weighted by Gasteiger charge is -2.46. The van der Waals surface area contributed by atoms with E-state index in [-0.39, 0.29) is 28.5 Å². The molecule has 2 aliphatic heterocycles. The van der Waals surface area contributed by atoms with E-state index in [0.29, 0.717) is 44.3 Å². The van der Waals surface area contributed by atoms with Gasteiger partial charge in [-0.3, -0.25) is 14.6 Å². The minimum atomic E-state index is -2.87. The summed E-state index contributed by atoms with van der Waals surface area (Å²) in [5, 5.41) is 6.99. The lowest BCUT2D eigenvalue weighted by molar-refractivity contribution is -0.124. The predicted molar refractivity (Wildman–Crippen MR) is 139 cm³/mol. The molecule has 6 rings (SSSR count). The lowest BCUT2D eigenvalue weighted by atomic mass is 9.75. The number of aromatic nitrogens is 3. The SMILES string of the molecule is Cc1nc(N2CC3(C2)C(=O)N(CC2CCC(NC(=O)c4cc(Cl)cnc4C(F)F)CC2)c2ccccc23)no1. The van der Waals surface area contributed by atoms with Crippen molar-refractivity contribution >= 4 is 35.1 Å². The van der Waals surface area contributed by atoms with E-state index in [1.807, 2.05) is 34.1 Å². The van der Waals surface area contributed by atoms with Gasteiger partial charge in [0, 0.05) is 44.5 Å². The molecule has 0 atom stereocenters. The molecule has 9 nitrogen and oxygen atoms in total. The van der Waals surface area contributed by atoms with E-state index in [0.717, 1.165) is 30.3 Å². The molecule has 4 heterocycles. The van der Waals surface area contributed by atoms with E-state index in [1.54, 1.807) is 6.92 Å². The van der Waals surface area contributed by atoms with Crippen LogP contribution in [0, 0.1) is 12.8 Å². The van der Waals surface area contributed by atoms with Crippen molar-refractivity contribution in [1.82, 2.24) is 20.4 Å². The zero-order valence-electron chi connectivity index (χ0n) is 21.2. The van der Waals surface area contributed by atoms with E-state index in [4.69, 9.17) is 16.1 Å². The number of hydrogen-bond acceptors (Lipinski definition) is 7. The van der Waals surface area contributed by atoms with Gasteiger partial charge in [-0.25, -0.2) is 8.78 Å². The quantitative estimate of drug-likeness (QED) is 0.478. The minimum absolute atomic E-state index is 0.0866. The third-order valence-electron chi connectivity index (χ3n) is 8.05. The summed E-state index contributed by atoms with van der Waals surface area (Å²) in [4.78, 5) is 38.4. The normalized spacial score (nSPS) is 21.8. The zero-order chi connectivity index (χ0) is 27.3. The first-order valence-electron chi connectivity index (χ1n) is 13.0. The predicted octanol–water partition coefficient (Wildman–Crippen LogP) is 4.46. The first kappa shape index (κ1) is 25.7. The Morgan fingerprint density at radius 3 is 2.67 bits per heavy atom. The monoisotopic (exact) mass is 556 g/mol. The van der Waals surface area contributed by atoms with E-state index < -0.39 is 23.4 Å². The van der Waals surface area contributed by atoms with Crippen molar-refractivity contribution < 1.29 is 22.9 Å². The Bertz CT molecular complexity index is 1420. The first-order chi connectivity index (χ1) is 18.7. The Morgan fingerprint density at radius 1 is 1.23 bits per heavy atom. The molecule has 1 aliphatic carbocycles. The van der Waals surface area contributed by atoms with Crippen LogP contribution in [-0.2, 0) is 10.2 Å². The van der Waals surface area contributed by atoms with Crippen molar-refractivity contribution in [2.24, 2.45) is 5.92 Å². The maximum absolute atomic E-state index is 13.8. The van der Waals surface area contributed by atoms with Crippen molar-refractivity contribution in [3.05, 3.63) is 64.3 Å². The molecular weight excluding hydrogens is 530 g/mol. The van der Waals surface area contributed by atoms with Crippen LogP contribution in [-0.4, -0.2) is 52.6 Å². The number of pyridine rings is 1.